The Kier molecular flexibility index (Phi) is 3.87. The lowest BCUT2D eigenvalue weighted by Gasteiger charge is -2.14. The van der Waals surface area contributed by atoms with Crippen molar-refractivity contribution in [2.24, 2.45) is 5.92 Å². The Morgan fingerprint density at radius 1 is 1.55 bits per heavy atom. The van der Waals surface area contributed by atoms with Crippen molar-refractivity contribution in [2.75, 3.05) is 26.2 Å². The summed E-state index contributed by atoms with van der Waals surface area (Å²) in [7, 11) is 0. The van der Waals surface area contributed by atoms with E-state index in [0.717, 1.165) is 18.9 Å². The van der Waals surface area contributed by atoms with Crippen LogP contribution in [0.1, 0.15) is 26.2 Å². The molecule has 11 heavy (non-hydrogen) atoms. The van der Waals surface area contributed by atoms with E-state index in [1.165, 1.54) is 25.9 Å². The smallest absolute Gasteiger partial charge is 0.0443 e. The van der Waals surface area contributed by atoms with E-state index in [9.17, 15) is 0 Å². The molecule has 0 aromatic rings. The number of nitrogens with zero attached hydrogens (tertiary/aromatic N) is 1. The van der Waals surface area contributed by atoms with Gasteiger partial charge in [-0.15, -0.1) is 0 Å². The van der Waals surface area contributed by atoms with Gasteiger partial charge in [0.1, 0.15) is 0 Å². The standard InChI is InChI=1S/C9H19NO/c1-2-9-4-6-10(8-9)5-3-7-11/h9,11H,2-8H2,1H3. The number of rotatable bonds is 4. The second kappa shape index (κ2) is 4.73. The summed E-state index contributed by atoms with van der Waals surface area (Å²) in [5.41, 5.74) is 0. The van der Waals surface area contributed by atoms with Gasteiger partial charge in [0.25, 0.3) is 0 Å². The van der Waals surface area contributed by atoms with Gasteiger partial charge >= 0.3 is 0 Å². The van der Waals surface area contributed by atoms with Crippen molar-refractivity contribution in [1.82, 2.24) is 4.90 Å². The van der Waals surface area contributed by atoms with Gasteiger partial charge in [-0.2, -0.15) is 0 Å². The van der Waals surface area contributed by atoms with Crippen LogP contribution in [0.15, 0.2) is 0 Å². The minimum absolute atomic E-state index is 0.341. The average molecular weight is 157 g/mol. The predicted molar refractivity (Wildman–Crippen MR) is 46.5 cm³/mol. The molecule has 0 amide bonds. The Hall–Kier alpha value is -0.0800. The van der Waals surface area contributed by atoms with Crippen molar-refractivity contribution in [3.05, 3.63) is 0 Å². The molecule has 1 rings (SSSR count). The van der Waals surface area contributed by atoms with E-state index in [2.05, 4.69) is 11.8 Å². The van der Waals surface area contributed by atoms with Crippen LogP contribution in [0.3, 0.4) is 0 Å². The Morgan fingerprint density at radius 2 is 2.36 bits per heavy atom. The highest BCUT2D eigenvalue weighted by Crippen LogP contribution is 2.18. The molecule has 1 unspecified atom stereocenters. The molecule has 1 aliphatic heterocycles. The van der Waals surface area contributed by atoms with E-state index in [0.29, 0.717) is 6.61 Å². The van der Waals surface area contributed by atoms with Gasteiger partial charge in [0.2, 0.25) is 0 Å². The second-order valence-electron chi connectivity index (χ2n) is 3.44. The molecule has 0 saturated carbocycles. The number of likely N-dealkylation sites (tertiary alicyclic amines) is 1. The topological polar surface area (TPSA) is 23.5 Å². The molecule has 0 spiro atoms. The van der Waals surface area contributed by atoms with Crippen LogP contribution in [-0.4, -0.2) is 36.2 Å². The normalized spacial score (nSPS) is 26.2. The molecule has 0 radical (unpaired) electrons. The number of hydrogen-bond donors (Lipinski definition) is 1. The highest BCUT2D eigenvalue weighted by Gasteiger charge is 2.19. The first-order chi connectivity index (χ1) is 5.36. The second-order valence-corrected chi connectivity index (χ2v) is 3.44. The first-order valence-electron chi connectivity index (χ1n) is 4.70. The fraction of sp³-hybridized carbons (Fsp3) is 1.00. The zero-order chi connectivity index (χ0) is 8.10. The highest BCUT2D eigenvalue weighted by atomic mass is 16.3. The summed E-state index contributed by atoms with van der Waals surface area (Å²) >= 11 is 0. The molecule has 1 N–H and O–H groups in total. The molecule has 1 heterocycles. The maximum atomic E-state index is 8.62. The summed E-state index contributed by atoms with van der Waals surface area (Å²) in [6.45, 7) is 6.20. The summed E-state index contributed by atoms with van der Waals surface area (Å²) in [5.74, 6) is 0.925. The van der Waals surface area contributed by atoms with E-state index in [1.807, 2.05) is 0 Å². The molecule has 66 valence electrons. The molecule has 0 aliphatic carbocycles. The molecule has 1 saturated heterocycles. The molecule has 2 nitrogen and oxygen atoms in total. The SMILES string of the molecule is CCC1CCN(CCCO)C1. The maximum Gasteiger partial charge on any atom is 0.0443 e. The average Bonchev–Trinajstić information content (AvgIpc) is 2.48. The van der Waals surface area contributed by atoms with Gasteiger partial charge in [0.15, 0.2) is 0 Å². The van der Waals surface area contributed by atoms with Gasteiger partial charge < -0.3 is 10.0 Å². The van der Waals surface area contributed by atoms with Gasteiger partial charge in [-0.25, -0.2) is 0 Å². The lowest BCUT2D eigenvalue weighted by molar-refractivity contribution is 0.244. The van der Waals surface area contributed by atoms with Crippen LogP contribution >= 0.6 is 0 Å². The van der Waals surface area contributed by atoms with Crippen LogP contribution in [0.5, 0.6) is 0 Å². The summed E-state index contributed by atoms with van der Waals surface area (Å²) < 4.78 is 0. The fourth-order valence-corrected chi connectivity index (χ4v) is 1.74. The molecule has 1 atom stereocenters. The molecule has 2 heteroatoms. The van der Waals surface area contributed by atoms with Gasteiger partial charge in [0, 0.05) is 19.7 Å². The first kappa shape index (κ1) is 9.01. The molecule has 1 aliphatic rings. The predicted octanol–water partition coefficient (Wildman–Crippen LogP) is 1.10. The minimum Gasteiger partial charge on any atom is -0.396 e. The van der Waals surface area contributed by atoms with Crippen LogP contribution < -0.4 is 0 Å². The van der Waals surface area contributed by atoms with Crippen LogP contribution in [-0.2, 0) is 0 Å². The Labute approximate surface area is 69.2 Å². The zero-order valence-electron chi connectivity index (χ0n) is 7.42. The summed E-state index contributed by atoms with van der Waals surface area (Å²) in [4.78, 5) is 2.46. The first-order valence-corrected chi connectivity index (χ1v) is 4.70. The van der Waals surface area contributed by atoms with Gasteiger partial charge in [-0.05, 0) is 25.3 Å². The van der Waals surface area contributed by atoms with Crippen molar-refractivity contribution >= 4 is 0 Å². The lowest BCUT2D eigenvalue weighted by atomic mass is 10.1. The van der Waals surface area contributed by atoms with Crippen LogP contribution in [0, 0.1) is 5.92 Å². The van der Waals surface area contributed by atoms with Crippen molar-refractivity contribution in [1.29, 1.82) is 0 Å². The Balaban J connectivity index is 2.09. The van der Waals surface area contributed by atoms with E-state index >= 15 is 0 Å². The lowest BCUT2D eigenvalue weighted by Crippen LogP contribution is -2.22. The minimum atomic E-state index is 0.341. The zero-order valence-corrected chi connectivity index (χ0v) is 7.42. The molecule has 0 bridgehead atoms. The Bertz CT molecular complexity index is 106. The van der Waals surface area contributed by atoms with E-state index in [4.69, 9.17) is 5.11 Å². The van der Waals surface area contributed by atoms with Crippen molar-refractivity contribution in [3.63, 3.8) is 0 Å². The van der Waals surface area contributed by atoms with Crippen molar-refractivity contribution in [3.8, 4) is 0 Å². The largest absolute Gasteiger partial charge is 0.396 e. The molecule has 1 fully saturated rings. The Morgan fingerprint density at radius 3 is 2.91 bits per heavy atom. The quantitative estimate of drug-likeness (QED) is 0.660. The van der Waals surface area contributed by atoms with Crippen molar-refractivity contribution < 1.29 is 5.11 Å². The highest BCUT2D eigenvalue weighted by molar-refractivity contribution is 4.73. The maximum absolute atomic E-state index is 8.62. The number of aliphatic hydroxyl groups excluding tert-OH is 1. The van der Waals surface area contributed by atoms with Crippen molar-refractivity contribution in [2.45, 2.75) is 26.2 Å². The molecule has 0 aromatic heterocycles. The monoisotopic (exact) mass is 157 g/mol. The van der Waals surface area contributed by atoms with Gasteiger partial charge in [-0.3, -0.25) is 0 Å². The number of hydrogen-bond acceptors (Lipinski definition) is 2. The molecule has 0 aromatic carbocycles. The van der Waals surface area contributed by atoms with Crippen LogP contribution in [0.4, 0.5) is 0 Å². The third-order valence-corrected chi connectivity index (χ3v) is 2.58. The van der Waals surface area contributed by atoms with E-state index < -0.39 is 0 Å². The van der Waals surface area contributed by atoms with Crippen LogP contribution in [0.25, 0.3) is 0 Å². The van der Waals surface area contributed by atoms with E-state index in [-0.39, 0.29) is 0 Å². The van der Waals surface area contributed by atoms with Gasteiger partial charge in [-0.1, -0.05) is 13.3 Å². The molecular weight excluding hydrogens is 138 g/mol. The summed E-state index contributed by atoms with van der Waals surface area (Å²) in [6, 6.07) is 0. The fourth-order valence-electron chi connectivity index (χ4n) is 1.74. The molecular formula is C9H19NO. The summed E-state index contributed by atoms with van der Waals surface area (Å²) in [5, 5.41) is 8.62. The van der Waals surface area contributed by atoms with Crippen LogP contribution in [0.2, 0.25) is 0 Å². The van der Waals surface area contributed by atoms with E-state index in [1.54, 1.807) is 0 Å². The number of aliphatic hydroxyl groups is 1. The third-order valence-electron chi connectivity index (χ3n) is 2.58. The van der Waals surface area contributed by atoms with Gasteiger partial charge in [0.05, 0.1) is 0 Å². The third kappa shape index (κ3) is 2.80. The summed E-state index contributed by atoms with van der Waals surface area (Å²) in [6.07, 6.45) is 3.62.